The number of halogens is 2. The number of alkyl halides is 2. The van der Waals surface area contributed by atoms with Gasteiger partial charge in [-0.15, -0.1) is 0 Å². The Morgan fingerprint density at radius 3 is 2.59 bits per heavy atom. The fraction of sp³-hybridized carbons (Fsp3) is 0.222. The Bertz CT molecular complexity index is 464. The number of carbonyl (C=O) groups is 1. The molecular formula is C9H8F2N2O4. The first kappa shape index (κ1) is 13.0. The van der Waals surface area contributed by atoms with Gasteiger partial charge in [0.25, 0.3) is 5.69 Å². The highest BCUT2D eigenvalue weighted by Gasteiger charge is 2.46. The van der Waals surface area contributed by atoms with Crippen LogP contribution in [0.25, 0.3) is 0 Å². The minimum Gasteiger partial charge on any atom is -0.477 e. The summed E-state index contributed by atoms with van der Waals surface area (Å²) in [4.78, 5) is 19.9. The maximum Gasteiger partial charge on any atom is 0.376 e. The number of aliphatic carboxylic acids is 1. The molecule has 1 rings (SSSR count). The van der Waals surface area contributed by atoms with E-state index in [1.165, 1.54) is 0 Å². The number of carboxylic acid groups (broad SMARTS) is 1. The quantitative estimate of drug-likeness (QED) is 0.615. The zero-order valence-electron chi connectivity index (χ0n) is 8.34. The normalized spacial score (nSPS) is 13.1. The molecule has 0 aromatic heterocycles. The lowest BCUT2D eigenvalue weighted by Gasteiger charge is -2.19. The molecule has 3 N–H and O–H groups in total. The zero-order valence-corrected chi connectivity index (χ0v) is 8.34. The second-order valence-electron chi connectivity index (χ2n) is 3.26. The Morgan fingerprint density at radius 1 is 1.53 bits per heavy atom. The van der Waals surface area contributed by atoms with E-state index in [1.807, 2.05) is 0 Å². The van der Waals surface area contributed by atoms with E-state index in [9.17, 15) is 23.7 Å². The lowest BCUT2D eigenvalue weighted by Crippen LogP contribution is -2.40. The summed E-state index contributed by atoms with van der Waals surface area (Å²) < 4.78 is 26.1. The summed E-state index contributed by atoms with van der Waals surface area (Å²) in [7, 11) is 0. The van der Waals surface area contributed by atoms with Crippen molar-refractivity contribution >= 4 is 11.7 Å². The smallest absolute Gasteiger partial charge is 0.376 e. The summed E-state index contributed by atoms with van der Waals surface area (Å²) in [6.07, 6.45) is 0. The Hall–Kier alpha value is -2.09. The van der Waals surface area contributed by atoms with Crippen molar-refractivity contribution < 1.29 is 23.6 Å². The van der Waals surface area contributed by atoms with Gasteiger partial charge in [-0.05, 0) is 5.56 Å². The number of hydrogen-bond donors (Lipinski definition) is 2. The molecule has 8 heteroatoms. The number of benzene rings is 1. The van der Waals surface area contributed by atoms with Crippen LogP contribution in [0.1, 0.15) is 11.6 Å². The topological polar surface area (TPSA) is 106 Å². The van der Waals surface area contributed by atoms with Crippen molar-refractivity contribution in [1.82, 2.24) is 0 Å². The van der Waals surface area contributed by atoms with Crippen molar-refractivity contribution in [3.8, 4) is 0 Å². The van der Waals surface area contributed by atoms with Crippen LogP contribution in [-0.4, -0.2) is 21.9 Å². The number of nitrogens with two attached hydrogens (primary N) is 1. The average molecular weight is 246 g/mol. The Morgan fingerprint density at radius 2 is 2.12 bits per heavy atom. The van der Waals surface area contributed by atoms with Crippen molar-refractivity contribution in [2.45, 2.75) is 12.0 Å². The van der Waals surface area contributed by atoms with Crippen LogP contribution >= 0.6 is 0 Å². The van der Waals surface area contributed by atoms with Gasteiger partial charge in [0, 0.05) is 12.1 Å². The van der Waals surface area contributed by atoms with E-state index in [2.05, 4.69) is 0 Å². The first-order valence-corrected chi connectivity index (χ1v) is 4.38. The molecule has 0 radical (unpaired) electrons. The van der Waals surface area contributed by atoms with Crippen LogP contribution in [0.5, 0.6) is 0 Å². The molecule has 0 fully saturated rings. The van der Waals surface area contributed by atoms with Crippen molar-refractivity contribution in [3.63, 3.8) is 0 Å². The molecule has 1 aromatic carbocycles. The van der Waals surface area contributed by atoms with Crippen molar-refractivity contribution in [2.75, 3.05) is 0 Å². The van der Waals surface area contributed by atoms with Crippen molar-refractivity contribution in [1.29, 1.82) is 0 Å². The fourth-order valence-corrected chi connectivity index (χ4v) is 1.17. The standard InChI is InChI=1S/C9H8F2N2O4/c10-9(11,8(14)15)7(12)5-2-1-3-6(4-5)13(16)17/h1-4,7H,12H2,(H,14,15)/t7-/m0/s1. The van der Waals surface area contributed by atoms with Gasteiger partial charge in [-0.1, -0.05) is 12.1 Å². The van der Waals surface area contributed by atoms with Crippen LogP contribution in [0.3, 0.4) is 0 Å². The minimum absolute atomic E-state index is 0.313. The number of nitro benzene ring substituents is 1. The summed E-state index contributed by atoms with van der Waals surface area (Å²) in [5.41, 5.74) is 4.34. The van der Waals surface area contributed by atoms with E-state index in [-0.39, 0.29) is 5.56 Å². The summed E-state index contributed by atoms with van der Waals surface area (Å²) in [5, 5.41) is 18.7. The van der Waals surface area contributed by atoms with Crippen molar-refractivity contribution in [2.24, 2.45) is 5.73 Å². The SMILES string of the molecule is N[C@@H](c1cccc([N+](=O)[O-])c1)C(F)(F)C(=O)O. The maximum atomic E-state index is 13.1. The minimum atomic E-state index is -4.19. The molecule has 0 spiro atoms. The molecule has 0 aliphatic carbocycles. The average Bonchev–Trinajstić information content (AvgIpc) is 2.27. The van der Waals surface area contributed by atoms with Crippen LogP contribution in [0.2, 0.25) is 0 Å². The summed E-state index contributed by atoms with van der Waals surface area (Å²) in [5.74, 6) is -6.56. The maximum absolute atomic E-state index is 13.1. The molecule has 1 aromatic rings. The van der Waals surface area contributed by atoms with Gasteiger partial charge in [0.15, 0.2) is 0 Å². The number of hydrogen-bond acceptors (Lipinski definition) is 4. The fourth-order valence-electron chi connectivity index (χ4n) is 1.17. The van der Waals surface area contributed by atoms with Gasteiger partial charge in [0.05, 0.1) is 4.92 Å². The molecular weight excluding hydrogens is 238 g/mol. The largest absolute Gasteiger partial charge is 0.477 e. The van der Waals surface area contributed by atoms with Gasteiger partial charge in [-0.2, -0.15) is 8.78 Å². The predicted octanol–water partition coefficient (Wildman–Crippen LogP) is 1.31. The molecule has 0 heterocycles. The summed E-state index contributed by atoms with van der Waals surface area (Å²) in [6.45, 7) is 0. The highest BCUT2D eigenvalue weighted by Crippen LogP contribution is 2.30. The van der Waals surface area contributed by atoms with E-state index >= 15 is 0 Å². The molecule has 0 saturated heterocycles. The Balaban J connectivity index is 3.13. The molecule has 6 nitrogen and oxygen atoms in total. The highest BCUT2D eigenvalue weighted by atomic mass is 19.3. The van der Waals surface area contributed by atoms with E-state index in [0.717, 1.165) is 24.3 Å². The molecule has 17 heavy (non-hydrogen) atoms. The van der Waals surface area contributed by atoms with Gasteiger partial charge in [0.1, 0.15) is 6.04 Å². The van der Waals surface area contributed by atoms with Crippen LogP contribution < -0.4 is 5.73 Å². The van der Waals surface area contributed by atoms with Gasteiger partial charge >= 0.3 is 11.9 Å². The molecule has 92 valence electrons. The Kier molecular flexibility index (Phi) is 3.37. The summed E-state index contributed by atoms with van der Waals surface area (Å²) >= 11 is 0. The molecule has 1 atom stereocenters. The first-order chi connectivity index (χ1) is 7.76. The molecule has 0 saturated carbocycles. The second kappa shape index (κ2) is 4.42. The third kappa shape index (κ3) is 2.53. The van der Waals surface area contributed by atoms with Crippen LogP contribution in [-0.2, 0) is 4.79 Å². The van der Waals surface area contributed by atoms with Gasteiger partial charge < -0.3 is 10.8 Å². The van der Waals surface area contributed by atoms with E-state index in [4.69, 9.17) is 10.8 Å². The van der Waals surface area contributed by atoms with Gasteiger partial charge in [0.2, 0.25) is 0 Å². The van der Waals surface area contributed by atoms with E-state index in [0.29, 0.717) is 0 Å². The lowest BCUT2D eigenvalue weighted by atomic mass is 10.0. The number of nitro groups is 1. The number of nitrogens with zero attached hydrogens (tertiary/aromatic N) is 1. The molecule has 0 bridgehead atoms. The van der Waals surface area contributed by atoms with Crippen LogP contribution in [0, 0.1) is 10.1 Å². The van der Waals surface area contributed by atoms with Crippen molar-refractivity contribution in [3.05, 3.63) is 39.9 Å². The molecule has 0 amide bonds. The monoisotopic (exact) mass is 246 g/mol. The first-order valence-electron chi connectivity index (χ1n) is 4.38. The van der Waals surface area contributed by atoms with E-state index in [1.54, 1.807) is 0 Å². The van der Waals surface area contributed by atoms with Crippen LogP contribution in [0.15, 0.2) is 24.3 Å². The zero-order chi connectivity index (χ0) is 13.2. The van der Waals surface area contributed by atoms with Gasteiger partial charge in [-0.3, -0.25) is 10.1 Å². The molecule has 0 aliphatic rings. The molecule has 0 unspecified atom stereocenters. The van der Waals surface area contributed by atoms with Gasteiger partial charge in [-0.25, -0.2) is 4.79 Å². The molecule has 0 aliphatic heterocycles. The lowest BCUT2D eigenvalue weighted by molar-refractivity contribution is -0.385. The Labute approximate surface area is 93.8 Å². The predicted molar refractivity (Wildman–Crippen MR) is 52.6 cm³/mol. The number of carboxylic acids is 1. The third-order valence-electron chi connectivity index (χ3n) is 2.12. The second-order valence-corrected chi connectivity index (χ2v) is 3.26. The van der Waals surface area contributed by atoms with E-state index < -0.39 is 28.5 Å². The number of non-ortho nitro benzene ring substituents is 1. The summed E-state index contributed by atoms with van der Waals surface area (Å²) in [6, 6.07) is 2.04. The number of rotatable bonds is 4. The third-order valence-corrected chi connectivity index (χ3v) is 2.12. The highest BCUT2D eigenvalue weighted by molar-refractivity contribution is 5.76. The van der Waals surface area contributed by atoms with Crippen LogP contribution in [0.4, 0.5) is 14.5 Å².